The van der Waals surface area contributed by atoms with Gasteiger partial charge in [-0.3, -0.25) is 9.78 Å². The maximum atomic E-state index is 13.4. The molecule has 0 fully saturated rings. The van der Waals surface area contributed by atoms with Gasteiger partial charge in [-0.25, -0.2) is 4.39 Å². The van der Waals surface area contributed by atoms with Gasteiger partial charge in [0.2, 0.25) is 0 Å². The van der Waals surface area contributed by atoms with Crippen LogP contribution in [-0.2, 0) is 0 Å². The highest BCUT2D eigenvalue weighted by Gasteiger charge is 2.08. The summed E-state index contributed by atoms with van der Waals surface area (Å²) in [5.74, 6) is -0.318. The maximum Gasteiger partial charge on any atom is 0.257 e. The minimum absolute atomic E-state index is 0.129. The SMILES string of the molecule is COc1cc(-c2cc3ncccc3c(=O)[nH]2)ccc1F. The highest BCUT2D eigenvalue weighted by molar-refractivity contribution is 5.81. The Kier molecular flexibility index (Phi) is 2.95. The molecule has 100 valence electrons. The summed E-state index contributed by atoms with van der Waals surface area (Å²) < 4.78 is 18.4. The number of aromatic amines is 1. The van der Waals surface area contributed by atoms with Gasteiger partial charge in [-0.15, -0.1) is 0 Å². The molecule has 0 spiro atoms. The van der Waals surface area contributed by atoms with Gasteiger partial charge in [0.1, 0.15) is 0 Å². The van der Waals surface area contributed by atoms with E-state index in [4.69, 9.17) is 4.74 Å². The first-order valence-electron chi connectivity index (χ1n) is 6.01. The van der Waals surface area contributed by atoms with E-state index < -0.39 is 5.82 Å². The van der Waals surface area contributed by atoms with Crippen molar-refractivity contribution in [1.82, 2.24) is 9.97 Å². The molecule has 0 unspecified atom stereocenters. The number of ether oxygens (including phenoxy) is 1. The molecule has 0 amide bonds. The third kappa shape index (κ3) is 2.03. The zero-order chi connectivity index (χ0) is 14.1. The Morgan fingerprint density at radius 1 is 1.25 bits per heavy atom. The molecule has 0 saturated heterocycles. The zero-order valence-electron chi connectivity index (χ0n) is 10.7. The number of fused-ring (bicyclic) bond motifs is 1. The number of hydrogen-bond donors (Lipinski definition) is 1. The molecule has 0 aliphatic heterocycles. The predicted octanol–water partition coefficient (Wildman–Crippen LogP) is 2.74. The van der Waals surface area contributed by atoms with Gasteiger partial charge in [0.05, 0.1) is 23.7 Å². The minimum Gasteiger partial charge on any atom is -0.494 e. The van der Waals surface area contributed by atoms with Crippen LogP contribution in [0.2, 0.25) is 0 Å². The first kappa shape index (κ1) is 12.3. The van der Waals surface area contributed by atoms with Crippen LogP contribution in [0.5, 0.6) is 5.75 Å². The molecule has 0 bridgehead atoms. The molecule has 3 rings (SSSR count). The van der Waals surface area contributed by atoms with Crippen LogP contribution in [0, 0.1) is 5.82 Å². The molecule has 5 heteroatoms. The van der Waals surface area contributed by atoms with Crippen LogP contribution in [0.1, 0.15) is 0 Å². The molecule has 0 atom stereocenters. The molecule has 0 saturated carbocycles. The Morgan fingerprint density at radius 3 is 2.90 bits per heavy atom. The first-order chi connectivity index (χ1) is 9.69. The Morgan fingerprint density at radius 2 is 2.10 bits per heavy atom. The van der Waals surface area contributed by atoms with E-state index in [0.717, 1.165) is 0 Å². The largest absolute Gasteiger partial charge is 0.494 e. The molecule has 0 aliphatic carbocycles. The second-order valence-corrected chi connectivity index (χ2v) is 4.30. The maximum absolute atomic E-state index is 13.4. The molecule has 2 heterocycles. The summed E-state index contributed by atoms with van der Waals surface area (Å²) in [7, 11) is 1.40. The highest BCUT2D eigenvalue weighted by atomic mass is 19.1. The highest BCUT2D eigenvalue weighted by Crippen LogP contribution is 2.25. The van der Waals surface area contributed by atoms with Crippen molar-refractivity contribution in [2.75, 3.05) is 7.11 Å². The van der Waals surface area contributed by atoms with Gasteiger partial charge >= 0.3 is 0 Å². The molecule has 20 heavy (non-hydrogen) atoms. The van der Waals surface area contributed by atoms with Crippen LogP contribution in [0.4, 0.5) is 4.39 Å². The molecule has 2 aromatic heterocycles. The molecule has 4 nitrogen and oxygen atoms in total. The molecule has 0 aliphatic rings. The summed E-state index contributed by atoms with van der Waals surface area (Å²) in [5, 5.41) is 0.519. The summed E-state index contributed by atoms with van der Waals surface area (Å²) in [6, 6.07) is 9.58. The van der Waals surface area contributed by atoms with E-state index in [1.807, 2.05) is 0 Å². The van der Waals surface area contributed by atoms with Crippen LogP contribution >= 0.6 is 0 Å². The van der Waals surface area contributed by atoms with Crippen LogP contribution in [-0.4, -0.2) is 17.1 Å². The lowest BCUT2D eigenvalue weighted by molar-refractivity contribution is 0.387. The summed E-state index contributed by atoms with van der Waals surface area (Å²) in [5.41, 5.74) is 1.59. The monoisotopic (exact) mass is 270 g/mol. The van der Waals surface area contributed by atoms with E-state index in [-0.39, 0.29) is 11.3 Å². The number of nitrogens with one attached hydrogen (secondary N) is 1. The van der Waals surface area contributed by atoms with E-state index >= 15 is 0 Å². The van der Waals surface area contributed by atoms with E-state index in [9.17, 15) is 9.18 Å². The number of H-pyrrole nitrogens is 1. The standard InChI is InChI=1S/C15H11FN2O2/c1-20-14-7-9(4-5-11(14)16)12-8-13-10(15(19)18-12)3-2-6-17-13/h2-8H,1H3,(H,18,19). The Labute approximate surface area is 113 Å². The molecule has 1 N–H and O–H groups in total. The van der Waals surface area contributed by atoms with E-state index in [1.54, 1.807) is 30.5 Å². The smallest absolute Gasteiger partial charge is 0.257 e. The van der Waals surface area contributed by atoms with Gasteiger partial charge in [-0.1, -0.05) is 0 Å². The number of halogens is 1. The van der Waals surface area contributed by atoms with Crippen LogP contribution in [0.25, 0.3) is 22.2 Å². The topological polar surface area (TPSA) is 55.0 Å². The van der Waals surface area contributed by atoms with Gasteiger partial charge in [-0.2, -0.15) is 0 Å². The third-order valence-electron chi connectivity index (χ3n) is 3.07. The first-order valence-corrected chi connectivity index (χ1v) is 6.01. The van der Waals surface area contributed by atoms with Crippen molar-refractivity contribution in [3.05, 3.63) is 58.8 Å². The van der Waals surface area contributed by atoms with Gasteiger partial charge in [0, 0.05) is 11.8 Å². The van der Waals surface area contributed by atoms with Gasteiger partial charge in [0.25, 0.3) is 5.56 Å². The average Bonchev–Trinajstić information content (AvgIpc) is 2.47. The van der Waals surface area contributed by atoms with Crippen molar-refractivity contribution in [1.29, 1.82) is 0 Å². The number of aromatic nitrogens is 2. The molecular weight excluding hydrogens is 259 g/mol. The van der Waals surface area contributed by atoms with Crippen molar-refractivity contribution in [3.63, 3.8) is 0 Å². The quantitative estimate of drug-likeness (QED) is 0.779. The molecule has 1 aromatic carbocycles. The Bertz CT molecular complexity index is 843. The fourth-order valence-corrected chi connectivity index (χ4v) is 2.07. The average molecular weight is 270 g/mol. The van der Waals surface area contributed by atoms with Crippen LogP contribution < -0.4 is 10.3 Å². The summed E-state index contributed by atoms with van der Waals surface area (Å²) in [6.07, 6.45) is 1.62. The van der Waals surface area contributed by atoms with Crippen molar-refractivity contribution in [3.8, 4) is 17.0 Å². The second kappa shape index (κ2) is 4.77. The summed E-state index contributed by atoms with van der Waals surface area (Å²) >= 11 is 0. The van der Waals surface area contributed by atoms with Gasteiger partial charge in [-0.05, 0) is 36.4 Å². The number of hydrogen-bond acceptors (Lipinski definition) is 3. The van der Waals surface area contributed by atoms with E-state index in [0.29, 0.717) is 22.2 Å². The summed E-state index contributed by atoms with van der Waals surface area (Å²) in [4.78, 5) is 18.9. The molecular formula is C15H11FN2O2. The third-order valence-corrected chi connectivity index (χ3v) is 3.07. The van der Waals surface area contributed by atoms with Gasteiger partial charge in [0.15, 0.2) is 11.6 Å². The zero-order valence-corrected chi connectivity index (χ0v) is 10.7. The fraction of sp³-hybridized carbons (Fsp3) is 0.0667. The van der Waals surface area contributed by atoms with Crippen molar-refractivity contribution >= 4 is 10.9 Å². The Balaban J connectivity index is 2.22. The number of nitrogens with zero attached hydrogens (tertiary/aromatic N) is 1. The lowest BCUT2D eigenvalue weighted by Gasteiger charge is -2.06. The summed E-state index contributed by atoms with van der Waals surface area (Å²) in [6.45, 7) is 0. The number of pyridine rings is 2. The van der Waals surface area contributed by atoms with Crippen molar-refractivity contribution in [2.24, 2.45) is 0 Å². The lowest BCUT2D eigenvalue weighted by Crippen LogP contribution is -2.07. The normalized spacial score (nSPS) is 10.7. The van der Waals surface area contributed by atoms with E-state index in [1.165, 1.54) is 19.2 Å². The van der Waals surface area contributed by atoms with Crippen LogP contribution in [0.3, 0.4) is 0 Å². The molecule has 0 radical (unpaired) electrons. The van der Waals surface area contributed by atoms with E-state index in [2.05, 4.69) is 9.97 Å². The number of methoxy groups -OCH3 is 1. The minimum atomic E-state index is -0.447. The lowest BCUT2D eigenvalue weighted by atomic mass is 10.1. The predicted molar refractivity (Wildman–Crippen MR) is 74.3 cm³/mol. The fourth-order valence-electron chi connectivity index (χ4n) is 2.07. The molecule has 3 aromatic rings. The Hall–Kier alpha value is -2.69. The van der Waals surface area contributed by atoms with Gasteiger partial charge < -0.3 is 9.72 Å². The van der Waals surface area contributed by atoms with Crippen molar-refractivity contribution < 1.29 is 9.13 Å². The second-order valence-electron chi connectivity index (χ2n) is 4.30. The number of rotatable bonds is 2. The van der Waals surface area contributed by atoms with Crippen molar-refractivity contribution in [2.45, 2.75) is 0 Å². The number of benzene rings is 1. The van der Waals surface area contributed by atoms with Crippen LogP contribution in [0.15, 0.2) is 47.4 Å².